The molecule has 1 saturated carbocycles. The Morgan fingerprint density at radius 3 is 2.74 bits per heavy atom. The molecule has 5 heteroatoms. The number of hydrogen-bond acceptors (Lipinski definition) is 3. The van der Waals surface area contributed by atoms with E-state index in [2.05, 4.69) is 4.90 Å². The van der Waals surface area contributed by atoms with E-state index in [9.17, 15) is 9.18 Å². The molecule has 23 heavy (non-hydrogen) atoms. The molecule has 1 aliphatic heterocycles. The second-order valence-electron chi connectivity index (χ2n) is 6.39. The molecule has 4 nitrogen and oxygen atoms in total. The monoisotopic (exact) mass is 320 g/mol. The molecule has 1 aromatic carbocycles. The van der Waals surface area contributed by atoms with Crippen LogP contribution >= 0.6 is 0 Å². The van der Waals surface area contributed by atoms with E-state index in [1.165, 1.54) is 18.9 Å². The number of benzene rings is 1. The van der Waals surface area contributed by atoms with E-state index in [1.54, 1.807) is 12.1 Å². The molecule has 126 valence electrons. The summed E-state index contributed by atoms with van der Waals surface area (Å²) in [6, 6.07) is 7.41. The third-order valence-corrected chi connectivity index (χ3v) is 4.62. The van der Waals surface area contributed by atoms with Crippen LogP contribution in [0.15, 0.2) is 24.3 Å². The Balaban J connectivity index is 1.46. The van der Waals surface area contributed by atoms with E-state index in [-0.39, 0.29) is 11.7 Å². The quantitative estimate of drug-likeness (QED) is 0.771. The molecule has 0 spiro atoms. The summed E-state index contributed by atoms with van der Waals surface area (Å²) < 4.78 is 18.5. The zero-order chi connectivity index (χ0) is 16.1. The third-order valence-electron chi connectivity index (χ3n) is 4.62. The van der Waals surface area contributed by atoms with Gasteiger partial charge in [0.25, 0.3) is 0 Å². The van der Waals surface area contributed by atoms with Crippen LogP contribution in [0.25, 0.3) is 0 Å². The molecule has 2 aliphatic rings. The van der Waals surface area contributed by atoms with Crippen molar-refractivity contribution in [2.75, 3.05) is 39.4 Å². The van der Waals surface area contributed by atoms with Gasteiger partial charge in [-0.2, -0.15) is 0 Å². The topological polar surface area (TPSA) is 32.8 Å². The molecular weight excluding hydrogens is 295 g/mol. The van der Waals surface area contributed by atoms with Gasteiger partial charge in [-0.3, -0.25) is 9.69 Å². The molecule has 1 aromatic rings. The lowest BCUT2D eigenvalue weighted by atomic mass is 10.1. The van der Waals surface area contributed by atoms with Gasteiger partial charge in [0, 0.05) is 38.6 Å². The van der Waals surface area contributed by atoms with E-state index in [0.717, 1.165) is 25.1 Å². The lowest BCUT2D eigenvalue weighted by Gasteiger charge is -2.28. The Labute approximate surface area is 137 Å². The first kappa shape index (κ1) is 16.4. The van der Waals surface area contributed by atoms with Crippen molar-refractivity contribution >= 4 is 5.91 Å². The van der Waals surface area contributed by atoms with Crippen molar-refractivity contribution in [3.63, 3.8) is 0 Å². The van der Waals surface area contributed by atoms with E-state index in [1.807, 2.05) is 11.0 Å². The number of rotatable bonds is 7. The van der Waals surface area contributed by atoms with Gasteiger partial charge in [0.15, 0.2) is 0 Å². The van der Waals surface area contributed by atoms with Crippen molar-refractivity contribution in [2.45, 2.75) is 31.7 Å². The Morgan fingerprint density at radius 1 is 1.26 bits per heavy atom. The highest BCUT2D eigenvalue weighted by Crippen LogP contribution is 2.27. The fourth-order valence-electron chi connectivity index (χ4n) is 3.09. The van der Waals surface area contributed by atoms with Crippen molar-refractivity contribution < 1.29 is 13.9 Å². The lowest BCUT2D eigenvalue weighted by Crippen LogP contribution is -2.42. The summed E-state index contributed by atoms with van der Waals surface area (Å²) in [4.78, 5) is 16.6. The lowest BCUT2D eigenvalue weighted by molar-refractivity contribution is -0.135. The highest BCUT2D eigenvalue weighted by atomic mass is 19.1. The SMILES string of the molecule is O=C(CCN(CCc1cccc(F)c1)C1CC1)N1CCOCC1. The van der Waals surface area contributed by atoms with Gasteiger partial charge in [-0.25, -0.2) is 4.39 Å². The van der Waals surface area contributed by atoms with Crippen LogP contribution in [0.5, 0.6) is 0 Å². The third kappa shape index (κ3) is 5.01. The molecule has 2 fully saturated rings. The van der Waals surface area contributed by atoms with Gasteiger partial charge in [-0.15, -0.1) is 0 Å². The maximum Gasteiger partial charge on any atom is 0.224 e. The van der Waals surface area contributed by atoms with Gasteiger partial charge in [-0.05, 0) is 37.0 Å². The van der Waals surface area contributed by atoms with Crippen molar-refractivity contribution in [1.29, 1.82) is 0 Å². The average Bonchev–Trinajstić information content (AvgIpc) is 3.40. The Morgan fingerprint density at radius 2 is 2.04 bits per heavy atom. The molecule has 1 saturated heterocycles. The molecule has 0 bridgehead atoms. The van der Waals surface area contributed by atoms with Gasteiger partial charge in [0.05, 0.1) is 13.2 Å². The molecule has 1 amide bonds. The zero-order valence-electron chi connectivity index (χ0n) is 13.5. The summed E-state index contributed by atoms with van der Waals surface area (Å²) in [7, 11) is 0. The number of halogens is 1. The van der Waals surface area contributed by atoms with E-state index in [4.69, 9.17) is 4.74 Å². The first-order chi connectivity index (χ1) is 11.2. The number of carbonyl (C=O) groups is 1. The van der Waals surface area contributed by atoms with Crippen LogP contribution in [0.1, 0.15) is 24.8 Å². The normalized spacial score (nSPS) is 18.4. The fraction of sp³-hybridized carbons (Fsp3) is 0.611. The number of morpholine rings is 1. The van der Waals surface area contributed by atoms with Gasteiger partial charge in [-0.1, -0.05) is 12.1 Å². The minimum atomic E-state index is -0.178. The minimum Gasteiger partial charge on any atom is -0.378 e. The van der Waals surface area contributed by atoms with Crippen LogP contribution < -0.4 is 0 Å². The maximum absolute atomic E-state index is 13.2. The van der Waals surface area contributed by atoms with E-state index in [0.29, 0.717) is 38.8 Å². The number of carbonyl (C=O) groups excluding carboxylic acids is 1. The number of ether oxygens (including phenoxy) is 1. The predicted molar refractivity (Wildman–Crippen MR) is 86.7 cm³/mol. The van der Waals surface area contributed by atoms with Crippen LogP contribution in [0.4, 0.5) is 4.39 Å². The average molecular weight is 320 g/mol. The van der Waals surface area contributed by atoms with Gasteiger partial charge < -0.3 is 9.64 Å². The van der Waals surface area contributed by atoms with E-state index >= 15 is 0 Å². The highest BCUT2D eigenvalue weighted by Gasteiger charge is 2.29. The van der Waals surface area contributed by atoms with Crippen LogP contribution in [0.2, 0.25) is 0 Å². The molecule has 0 unspecified atom stereocenters. The van der Waals surface area contributed by atoms with Gasteiger partial charge in [0.2, 0.25) is 5.91 Å². The van der Waals surface area contributed by atoms with Gasteiger partial charge >= 0.3 is 0 Å². The molecule has 3 rings (SSSR count). The molecule has 0 N–H and O–H groups in total. The molecule has 1 aliphatic carbocycles. The van der Waals surface area contributed by atoms with Crippen LogP contribution in [0, 0.1) is 5.82 Å². The Bertz CT molecular complexity index is 528. The van der Waals surface area contributed by atoms with Crippen LogP contribution in [-0.2, 0) is 16.0 Å². The first-order valence-corrected chi connectivity index (χ1v) is 8.56. The smallest absolute Gasteiger partial charge is 0.224 e. The van der Waals surface area contributed by atoms with Crippen molar-refractivity contribution in [1.82, 2.24) is 9.80 Å². The van der Waals surface area contributed by atoms with Crippen molar-refractivity contribution in [2.24, 2.45) is 0 Å². The number of nitrogens with zero attached hydrogens (tertiary/aromatic N) is 2. The van der Waals surface area contributed by atoms with Crippen LogP contribution in [-0.4, -0.2) is 61.1 Å². The zero-order valence-corrected chi connectivity index (χ0v) is 13.5. The second kappa shape index (κ2) is 7.88. The number of amides is 1. The van der Waals surface area contributed by atoms with Crippen molar-refractivity contribution in [3.8, 4) is 0 Å². The summed E-state index contributed by atoms with van der Waals surface area (Å²) >= 11 is 0. The summed E-state index contributed by atoms with van der Waals surface area (Å²) in [5.41, 5.74) is 1.02. The first-order valence-electron chi connectivity index (χ1n) is 8.56. The fourth-order valence-corrected chi connectivity index (χ4v) is 3.09. The maximum atomic E-state index is 13.2. The number of hydrogen-bond donors (Lipinski definition) is 0. The molecular formula is C18H25FN2O2. The Hall–Kier alpha value is -1.46. The summed E-state index contributed by atoms with van der Waals surface area (Å²) in [5.74, 6) is 0.0488. The molecule has 0 radical (unpaired) electrons. The molecule has 1 heterocycles. The predicted octanol–water partition coefficient (Wildman–Crippen LogP) is 2.08. The highest BCUT2D eigenvalue weighted by molar-refractivity contribution is 5.76. The second-order valence-corrected chi connectivity index (χ2v) is 6.39. The minimum absolute atomic E-state index is 0.178. The largest absolute Gasteiger partial charge is 0.378 e. The van der Waals surface area contributed by atoms with Crippen LogP contribution in [0.3, 0.4) is 0 Å². The summed E-state index contributed by atoms with van der Waals surface area (Å²) in [6.07, 6.45) is 3.84. The summed E-state index contributed by atoms with van der Waals surface area (Å²) in [5, 5.41) is 0. The molecule has 0 aromatic heterocycles. The summed E-state index contributed by atoms with van der Waals surface area (Å²) in [6.45, 7) is 4.42. The Kier molecular flexibility index (Phi) is 5.62. The standard InChI is InChI=1S/C18H25FN2O2/c19-16-3-1-2-15(14-16)6-8-20(17-4-5-17)9-7-18(22)21-10-12-23-13-11-21/h1-3,14,17H,4-13H2. The van der Waals surface area contributed by atoms with E-state index < -0.39 is 0 Å². The van der Waals surface area contributed by atoms with Crippen molar-refractivity contribution in [3.05, 3.63) is 35.6 Å². The van der Waals surface area contributed by atoms with Gasteiger partial charge in [0.1, 0.15) is 5.82 Å². The molecule has 0 atom stereocenters.